The van der Waals surface area contributed by atoms with Crippen LogP contribution >= 0.6 is 11.6 Å². The molecule has 4 rings (SSSR count). The van der Waals surface area contributed by atoms with Crippen LogP contribution in [0.1, 0.15) is 0 Å². The average molecular weight is 307 g/mol. The summed E-state index contributed by atoms with van der Waals surface area (Å²) in [6.45, 7) is 0. The molecule has 0 fully saturated rings. The molecule has 5 heteroatoms. The topological polar surface area (TPSA) is 43.1 Å². The summed E-state index contributed by atoms with van der Waals surface area (Å²) in [7, 11) is 0. The van der Waals surface area contributed by atoms with E-state index in [4.69, 9.17) is 11.6 Å². The molecule has 2 aromatic heterocycles. The van der Waals surface area contributed by atoms with E-state index < -0.39 is 0 Å². The predicted octanol–water partition coefficient (Wildman–Crippen LogP) is 4.11. The fourth-order valence-corrected chi connectivity index (χ4v) is 2.61. The summed E-state index contributed by atoms with van der Waals surface area (Å²) in [6.07, 6.45) is 1.72. The van der Waals surface area contributed by atoms with E-state index in [2.05, 4.69) is 15.1 Å². The van der Waals surface area contributed by atoms with Crippen molar-refractivity contribution in [1.29, 1.82) is 0 Å². The third-order valence-corrected chi connectivity index (χ3v) is 3.75. The zero-order chi connectivity index (χ0) is 14.9. The Morgan fingerprint density at radius 2 is 1.64 bits per heavy atom. The average Bonchev–Trinajstić information content (AvgIpc) is 3.00. The van der Waals surface area contributed by atoms with Crippen molar-refractivity contribution in [3.63, 3.8) is 0 Å². The first-order valence-electron chi connectivity index (χ1n) is 6.85. The highest BCUT2D eigenvalue weighted by molar-refractivity contribution is 6.33. The predicted molar refractivity (Wildman–Crippen MR) is 86.7 cm³/mol. The number of rotatable bonds is 2. The Kier molecular flexibility index (Phi) is 3.09. The number of halogens is 1. The molecule has 106 valence electrons. The Morgan fingerprint density at radius 3 is 2.45 bits per heavy atom. The normalized spacial score (nSPS) is 11.0. The lowest BCUT2D eigenvalue weighted by Gasteiger charge is -2.05. The fraction of sp³-hybridized carbons (Fsp3) is 0. The van der Waals surface area contributed by atoms with Crippen LogP contribution in [0.3, 0.4) is 0 Å². The quantitative estimate of drug-likeness (QED) is 0.559. The van der Waals surface area contributed by atoms with E-state index in [0.717, 1.165) is 16.8 Å². The van der Waals surface area contributed by atoms with Crippen molar-refractivity contribution in [3.8, 4) is 22.6 Å². The van der Waals surface area contributed by atoms with Crippen molar-refractivity contribution in [2.75, 3.05) is 0 Å². The first-order valence-corrected chi connectivity index (χ1v) is 7.23. The maximum absolute atomic E-state index is 6.30. The fourth-order valence-electron chi connectivity index (χ4n) is 2.38. The van der Waals surface area contributed by atoms with Gasteiger partial charge in [-0.05, 0) is 12.1 Å². The summed E-state index contributed by atoms with van der Waals surface area (Å²) in [5.74, 6) is 1.20. The van der Waals surface area contributed by atoms with E-state index in [-0.39, 0.29) is 0 Å². The minimum absolute atomic E-state index is 0.552. The van der Waals surface area contributed by atoms with E-state index in [0.29, 0.717) is 16.6 Å². The van der Waals surface area contributed by atoms with E-state index in [1.54, 1.807) is 10.7 Å². The second-order valence-corrected chi connectivity index (χ2v) is 5.23. The first-order chi connectivity index (χ1) is 10.8. The van der Waals surface area contributed by atoms with Gasteiger partial charge in [-0.15, -0.1) is 5.10 Å². The second-order valence-electron chi connectivity index (χ2n) is 4.82. The highest BCUT2D eigenvalue weighted by atomic mass is 35.5. The molecule has 0 saturated carbocycles. The molecule has 0 unspecified atom stereocenters. The molecular weight excluding hydrogens is 296 g/mol. The maximum Gasteiger partial charge on any atom is 0.253 e. The van der Waals surface area contributed by atoms with Gasteiger partial charge in [0.15, 0.2) is 5.82 Å². The monoisotopic (exact) mass is 306 g/mol. The molecule has 0 bridgehead atoms. The third-order valence-electron chi connectivity index (χ3n) is 3.42. The van der Waals surface area contributed by atoms with Crippen molar-refractivity contribution in [1.82, 2.24) is 19.6 Å². The van der Waals surface area contributed by atoms with Crippen molar-refractivity contribution >= 4 is 17.4 Å². The van der Waals surface area contributed by atoms with Crippen LogP contribution in [0.2, 0.25) is 5.02 Å². The summed E-state index contributed by atoms with van der Waals surface area (Å²) < 4.78 is 1.73. The second kappa shape index (κ2) is 5.24. The number of nitrogens with zero attached hydrogens (tertiary/aromatic N) is 4. The molecule has 2 heterocycles. The number of hydrogen-bond donors (Lipinski definition) is 0. The zero-order valence-corrected chi connectivity index (χ0v) is 12.3. The highest BCUT2D eigenvalue weighted by Gasteiger charge is 2.12. The minimum atomic E-state index is 0.552. The first kappa shape index (κ1) is 13.0. The number of benzene rings is 2. The van der Waals surface area contributed by atoms with Gasteiger partial charge in [-0.2, -0.15) is 9.50 Å². The number of aromatic nitrogens is 4. The molecule has 0 aliphatic heterocycles. The van der Waals surface area contributed by atoms with Crippen LogP contribution in [-0.4, -0.2) is 19.6 Å². The van der Waals surface area contributed by atoms with E-state index in [1.165, 1.54) is 0 Å². The summed E-state index contributed by atoms with van der Waals surface area (Å²) in [4.78, 5) is 8.79. The molecule has 4 nitrogen and oxygen atoms in total. The summed E-state index contributed by atoms with van der Waals surface area (Å²) in [6, 6.07) is 19.4. The molecule has 0 amide bonds. The van der Waals surface area contributed by atoms with Crippen LogP contribution in [0.4, 0.5) is 0 Å². The van der Waals surface area contributed by atoms with Crippen LogP contribution in [0.5, 0.6) is 0 Å². The molecule has 0 aliphatic carbocycles. The van der Waals surface area contributed by atoms with Crippen molar-refractivity contribution in [2.24, 2.45) is 0 Å². The minimum Gasteiger partial charge on any atom is -0.220 e. The number of fused-ring (bicyclic) bond motifs is 1. The molecular formula is C17H11ClN4. The van der Waals surface area contributed by atoms with Crippen LogP contribution < -0.4 is 0 Å². The van der Waals surface area contributed by atoms with Crippen LogP contribution in [0.25, 0.3) is 28.4 Å². The third kappa shape index (κ3) is 2.14. The molecule has 0 N–H and O–H groups in total. The summed E-state index contributed by atoms with van der Waals surface area (Å²) in [5, 5.41) is 5.26. The maximum atomic E-state index is 6.30. The Labute approximate surface area is 132 Å². The number of hydrogen-bond acceptors (Lipinski definition) is 3. The van der Waals surface area contributed by atoms with E-state index in [9.17, 15) is 0 Å². The lowest BCUT2D eigenvalue weighted by atomic mass is 10.1. The van der Waals surface area contributed by atoms with Gasteiger partial charge < -0.3 is 0 Å². The Balaban J connectivity index is 1.95. The van der Waals surface area contributed by atoms with E-state index in [1.807, 2.05) is 60.7 Å². The largest absolute Gasteiger partial charge is 0.253 e. The van der Waals surface area contributed by atoms with Gasteiger partial charge >= 0.3 is 0 Å². The van der Waals surface area contributed by atoms with Crippen molar-refractivity contribution in [3.05, 3.63) is 71.9 Å². The SMILES string of the molecule is Clc1ccccc1-c1ccnc2nc(-c3ccccc3)nn12. The Bertz CT molecular complexity index is 947. The van der Waals surface area contributed by atoms with Crippen LogP contribution in [0, 0.1) is 0 Å². The van der Waals surface area contributed by atoms with Crippen molar-refractivity contribution in [2.45, 2.75) is 0 Å². The molecule has 0 spiro atoms. The van der Waals surface area contributed by atoms with E-state index >= 15 is 0 Å². The van der Waals surface area contributed by atoms with Gasteiger partial charge in [-0.3, -0.25) is 0 Å². The molecule has 4 aromatic rings. The molecule has 0 aliphatic rings. The molecule has 0 atom stereocenters. The summed E-state index contributed by atoms with van der Waals surface area (Å²) in [5.41, 5.74) is 2.73. The standard InChI is InChI=1S/C17H11ClN4/c18-14-9-5-4-8-13(14)15-10-11-19-17-20-16(21-22(15)17)12-6-2-1-3-7-12/h1-11H. The Hall–Kier alpha value is -2.72. The molecule has 0 saturated heterocycles. The smallest absolute Gasteiger partial charge is 0.220 e. The van der Waals surface area contributed by atoms with Gasteiger partial charge in [0.2, 0.25) is 0 Å². The van der Waals surface area contributed by atoms with Crippen LogP contribution in [-0.2, 0) is 0 Å². The zero-order valence-electron chi connectivity index (χ0n) is 11.5. The van der Waals surface area contributed by atoms with Gasteiger partial charge in [-0.25, -0.2) is 4.98 Å². The highest BCUT2D eigenvalue weighted by Crippen LogP contribution is 2.27. The van der Waals surface area contributed by atoms with Gasteiger partial charge in [0, 0.05) is 22.3 Å². The summed E-state index contributed by atoms with van der Waals surface area (Å²) >= 11 is 6.30. The van der Waals surface area contributed by atoms with Gasteiger partial charge in [-0.1, -0.05) is 60.1 Å². The molecule has 2 aromatic carbocycles. The molecule has 0 radical (unpaired) electrons. The lowest BCUT2D eigenvalue weighted by Crippen LogP contribution is -1.96. The molecule has 22 heavy (non-hydrogen) atoms. The van der Waals surface area contributed by atoms with Gasteiger partial charge in [0.25, 0.3) is 5.78 Å². The lowest BCUT2D eigenvalue weighted by molar-refractivity contribution is 0.951. The van der Waals surface area contributed by atoms with Gasteiger partial charge in [0.1, 0.15) is 0 Å². The Morgan fingerprint density at radius 1 is 0.864 bits per heavy atom. The van der Waals surface area contributed by atoms with Gasteiger partial charge in [0.05, 0.1) is 5.69 Å². The van der Waals surface area contributed by atoms with Crippen LogP contribution in [0.15, 0.2) is 66.9 Å². The van der Waals surface area contributed by atoms with Crippen molar-refractivity contribution < 1.29 is 0 Å².